The van der Waals surface area contributed by atoms with Crippen molar-refractivity contribution in [3.63, 3.8) is 0 Å². The highest BCUT2D eigenvalue weighted by atomic mass is 15.3. The van der Waals surface area contributed by atoms with Gasteiger partial charge in [-0.25, -0.2) is 4.98 Å². The second-order valence-electron chi connectivity index (χ2n) is 9.89. The predicted octanol–water partition coefficient (Wildman–Crippen LogP) is 4.56. The van der Waals surface area contributed by atoms with Crippen molar-refractivity contribution in [2.45, 2.75) is 25.8 Å². The lowest BCUT2D eigenvalue weighted by Gasteiger charge is -2.37. The maximum absolute atomic E-state index is 5.12. The third-order valence-electron chi connectivity index (χ3n) is 7.69. The summed E-state index contributed by atoms with van der Waals surface area (Å²) in [4.78, 5) is 17.2. The van der Waals surface area contributed by atoms with Gasteiger partial charge in [-0.3, -0.25) is 4.98 Å². The van der Waals surface area contributed by atoms with Crippen molar-refractivity contribution in [2.75, 3.05) is 55.6 Å². The molecule has 6 heteroatoms. The summed E-state index contributed by atoms with van der Waals surface area (Å²) in [7, 11) is 0. The maximum Gasteiger partial charge on any atom is 0.142 e. The number of pyridine rings is 2. The van der Waals surface area contributed by atoms with Crippen LogP contribution < -0.4 is 9.80 Å². The van der Waals surface area contributed by atoms with Crippen LogP contribution in [-0.4, -0.2) is 65.2 Å². The summed E-state index contributed by atoms with van der Waals surface area (Å²) in [6.07, 6.45) is 5.31. The lowest BCUT2D eigenvalue weighted by molar-refractivity contribution is 0.319. The van der Waals surface area contributed by atoms with Gasteiger partial charge in [0.2, 0.25) is 0 Å². The molecule has 2 fully saturated rings. The van der Waals surface area contributed by atoms with Crippen LogP contribution in [0.5, 0.6) is 0 Å². The van der Waals surface area contributed by atoms with Crippen LogP contribution in [0.3, 0.4) is 0 Å². The van der Waals surface area contributed by atoms with E-state index in [2.05, 4.69) is 92.0 Å². The van der Waals surface area contributed by atoms with E-state index in [0.29, 0.717) is 5.92 Å². The Labute approximate surface area is 207 Å². The predicted molar refractivity (Wildman–Crippen MR) is 143 cm³/mol. The summed E-state index contributed by atoms with van der Waals surface area (Å²) in [6.45, 7) is 10.5. The summed E-state index contributed by atoms with van der Waals surface area (Å²) in [6, 6.07) is 21.6. The number of aryl methyl sites for hydroxylation is 1. The third-order valence-corrected chi connectivity index (χ3v) is 7.69. The number of nitrogens with zero attached hydrogens (tertiary/aromatic N) is 6. The van der Waals surface area contributed by atoms with E-state index in [-0.39, 0.29) is 0 Å². The molecule has 4 aromatic rings. The first-order chi connectivity index (χ1) is 17.2. The molecule has 0 saturated carbocycles. The molecule has 1 unspecified atom stereocenters. The first-order valence-electron chi connectivity index (χ1n) is 12.9. The number of fused-ring (bicyclic) bond motifs is 1. The van der Waals surface area contributed by atoms with E-state index in [4.69, 9.17) is 4.98 Å². The number of hydrogen-bond donors (Lipinski definition) is 0. The third kappa shape index (κ3) is 4.63. The maximum atomic E-state index is 5.12. The number of para-hydroxylation sites is 1. The topological polar surface area (TPSA) is 40.4 Å². The molecule has 2 aliphatic rings. The van der Waals surface area contributed by atoms with Crippen molar-refractivity contribution in [3.05, 3.63) is 84.3 Å². The lowest BCUT2D eigenvalue weighted by atomic mass is 10.0. The first kappa shape index (κ1) is 22.1. The standard InChI is InChI=1S/C29H34N6/c1-23-6-2-3-8-27(23)33-18-20-34(21-19-33)28-10-9-24-12-15-35(29(24)31-28)17-16-32-14-11-25(22-32)26-7-4-5-13-30-26/h2-10,12-13,15,25H,11,14,16-22H2,1H3. The Morgan fingerprint density at radius 2 is 1.66 bits per heavy atom. The molecule has 0 aliphatic carbocycles. The van der Waals surface area contributed by atoms with Gasteiger partial charge < -0.3 is 19.3 Å². The summed E-state index contributed by atoms with van der Waals surface area (Å²) in [5, 5.41) is 1.22. The Morgan fingerprint density at radius 3 is 2.49 bits per heavy atom. The van der Waals surface area contributed by atoms with Gasteiger partial charge in [-0.15, -0.1) is 0 Å². The van der Waals surface area contributed by atoms with E-state index in [1.807, 2.05) is 12.3 Å². The van der Waals surface area contributed by atoms with Crippen molar-refractivity contribution in [1.29, 1.82) is 0 Å². The highest BCUT2D eigenvalue weighted by molar-refractivity contribution is 5.78. The van der Waals surface area contributed by atoms with Crippen LogP contribution in [0.15, 0.2) is 73.1 Å². The quantitative estimate of drug-likeness (QED) is 0.417. The van der Waals surface area contributed by atoms with E-state index in [9.17, 15) is 0 Å². The van der Waals surface area contributed by atoms with Gasteiger partial charge in [0.1, 0.15) is 11.5 Å². The SMILES string of the molecule is Cc1ccccc1N1CCN(c2ccc3ccn(CCN4CCC(c5ccccn5)C4)c3n2)CC1. The van der Waals surface area contributed by atoms with Crippen LogP contribution >= 0.6 is 0 Å². The average molecular weight is 467 g/mol. The summed E-state index contributed by atoms with van der Waals surface area (Å²) in [5.41, 5.74) is 5.04. The zero-order valence-corrected chi connectivity index (χ0v) is 20.6. The van der Waals surface area contributed by atoms with Crippen molar-refractivity contribution >= 4 is 22.5 Å². The van der Waals surface area contributed by atoms with Gasteiger partial charge in [0, 0.05) is 80.9 Å². The average Bonchev–Trinajstić information content (AvgIpc) is 3.55. The number of aromatic nitrogens is 3. The Kier molecular flexibility index (Phi) is 6.13. The van der Waals surface area contributed by atoms with E-state index >= 15 is 0 Å². The molecule has 0 radical (unpaired) electrons. The highest BCUT2D eigenvalue weighted by Gasteiger charge is 2.24. The lowest BCUT2D eigenvalue weighted by Crippen LogP contribution is -2.47. The van der Waals surface area contributed by atoms with Crippen LogP contribution in [0.2, 0.25) is 0 Å². The molecule has 1 atom stereocenters. The van der Waals surface area contributed by atoms with E-state index in [1.54, 1.807) is 0 Å². The number of piperazine rings is 1. The zero-order chi connectivity index (χ0) is 23.6. The number of anilines is 2. The van der Waals surface area contributed by atoms with Crippen molar-refractivity contribution in [1.82, 2.24) is 19.4 Å². The minimum absolute atomic E-state index is 0.556. The summed E-state index contributed by atoms with van der Waals surface area (Å²) >= 11 is 0. The summed E-state index contributed by atoms with van der Waals surface area (Å²) in [5.74, 6) is 1.65. The van der Waals surface area contributed by atoms with E-state index < -0.39 is 0 Å². The van der Waals surface area contributed by atoms with Gasteiger partial charge >= 0.3 is 0 Å². The van der Waals surface area contributed by atoms with Gasteiger partial charge in [-0.2, -0.15) is 0 Å². The van der Waals surface area contributed by atoms with Crippen LogP contribution in [-0.2, 0) is 6.54 Å². The fourth-order valence-corrected chi connectivity index (χ4v) is 5.65. The monoisotopic (exact) mass is 466 g/mol. The normalized spacial score (nSPS) is 19.1. The van der Waals surface area contributed by atoms with Crippen LogP contribution in [0.25, 0.3) is 11.0 Å². The molecule has 35 heavy (non-hydrogen) atoms. The van der Waals surface area contributed by atoms with Gasteiger partial charge in [-0.05, 0) is 61.9 Å². The molecule has 0 amide bonds. The van der Waals surface area contributed by atoms with Gasteiger partial charge in [0.05, 0.1) is 0 Å². The van der Waals surface area contributed by atoms with E-state index in [0.717, 1.165) is 63.8 Å². The van der Waals surface area contributed by atoms with Crippen LogP contribution in [0.1, 0.15) is 23.6 Å². The molecular weight excluding hydrogens is 432 g/mol. The molecule has 2 saturated heterocycles. The minimum Gasteiger partial charge on any atom is -0.368 e. The van der Waals surface area contributed by atoms with Crippen molar-refractivity contribution in [2.24, 2.45) is 0 Å². The van der Waals surface area contributed by atoms with Crippen LogP contribution in [0.4, 0.5) is 11.5 Å². The van der Waals surface area contributed by atoms with Crippen molar-refractivity contribution < 1.29 is 0 Å². The molecule has 180 valence electrons. The molecule has 0 bridgehead atoms. The molecule has 2 aliphatic heterocycles. The van der Waals surface area contributed by atoms with E-state index in [1.165, 1.54) is 28.8 Å². The Balaban J connectivity index is 1.09. The minimum atomic E-state index is 0.556. The fraction of sp³-hybridized carbons (Fsp3) is 0.379. The number of likely N-dealkylation sites (tertiary alicyclic amines) is 1. The molecule has 0 spiro atoms. The summed E-state index contributed by atoms with van der Waals surface area (Å²) < 4.78 is 2.33. The van der Waals surface area contributed by atoms with Gasteiger partial charge in [0.15, 0.2) is 0 Å². The van der Waals surface area contributed by atoms with Gasteiger partial charge in [-0.1, -0.05) is 24.3 Å². The molecular formula is C29H34N6. The van der Waals surface area contributed by atoms with Gasteiger partial charge in [0.25, 0.3) is 0 Å². The molecule has 6 rings (SSSR count). The first-order valence-corrected chi connectivity index (χ1v) is 12.9. The van der Waals surface area contributed by atoms with Crippen LogP contribution in [0, 0.1) is 6.92 Å². The zero-order valence-electron chi connectivity index (χ0n) is 20.6. The molecule has 6 nitrogen and oxygen atoms in total. The van der Waals surface area contributed by atoms with Crippen molar-refractivity contribution in [3.8, 4) is 0 Å². The molecule has 5 heterocycles. The second-order valence-corrected chi connectivity index (χ2v) is 9.89. The number of benzene rings is 1. The highest BCUT2D eigenvalue weighted by Crippen LogP contribution is 2.27. The number of rotatable bonds is 6. The Bertz CT molecular complexity index is 1270. The molecule has 0 N–H and O–H groups in total. The molecule has 3 aromatic heterocycles. The molecule has 1 aromatic carbocycles. The Hall–Kier alpha value is -3.38. The smallest absolute Gasteiger partial charge is 0.142 e. The fourth-order valence-electron chi connectivity index (χ4n) is 5.65. The largest absolute Gasteiger partial charge is 0.368 e. The second kappa shape index (κ2) is 9.70. The Morgan fingerprint density at radius 1 is 0.829 bits per heavy atom. The number of hydrogen-bond acceptors (Lipinski definition) is 5.